The molecule has 0 saturated carbocycles. The van der Waals surface area contributed by atoms with Crippen molar-refractivity contribution >= 4 is 45.3 Å². The highest BCUT2D eigenvalue weighted by Crippen LogP contribution is 2.36. The van der Waals surface area contributed by atoms with Gasteiger partial charge in [-0.2, -0.15) is 0 Å². The predicted molar refractivity (Wildman–Crippen MR) is 86.8 cm³/mol. The zero-order valence-corrected chi connectivity index (χ0v) is 13.8. The number of thioether (sulfide) groups is 1. The minimum Gasteiger partial charge on any atom is -0.409 e. The van der Waals surface area contributed by atoms with Gasteiger partial charge in [0.2, 0.25) is 0 Å². The molecule has 2 aromatic rings. The van der Waals surface area contributed by atoms with Gasteiger partial charge in [0.15, 0.2) is 5.84 Å². The molecular formula is C13H12BrN3OS2. The second-order valence-corrected chi connectivity index (χ2v) is 6.44. The van der Waals surface area contributed by atoms with Crippen molar-refractivity contribution < 1.29 is 5.21 Å². The quantitative estimate of drug-likeness (QED) is 0.282. The summed E-state index contributed by atoms with van der Waals surface area (Å²) in [4.78, 5) is 6.17. The minimum absolute atomic E-state index is 0.101. The van der Waals surface area contributed by atoms with Gasteiger partial charge in [-0.05, 0) is 46.5 Å². The second-order valence-electron chi connectivity index (χ2n) is 3.71. The lowest BCUT2D eigenvalue weighted by Crippen LogP contribution is -2.15. The van der Waals surface area contributed by atoms with Crippen molar-refractivity contribution in [2.75, 3.05) is 6.26 Å². The maximum absolute atomic E-state index is 8.97. The normalized spacial score (nSPS) is 11.6. The molecule has 1 aromatic heterocycles. The highest BCUT2D eigenvalue weighted by molar-refractivity contribution is 9.10. The van der Waals surface area contributed by atoms with Crippen LogP contribution >= 0.6 is 39.5 Å². The zero-order chi connectivity index (χ0) is 14.5. The number of pyridine rings is 1. The van der Waals surface area contributed by atoms with Gasteiger partial charge in [-0.15, -0.1) is 11.8 Å². The Kier molecular flexibility index (Phi) is 5.33. The first kappa shape index (κ1) is 15.2. The number of hydrogen-bond acceptors (Lipinski definition) is 5. The number of nitrogens with zero attached hydrogens (tertiary/aromatic N) is 2. The van der Waals surface area contributed by atoms with Crippen LogP contribution in [0.5, 0.6) is 0 Å². The number of oxime groups is 1. The van der Waals surface area contributed by atoms with Gasteiger partial charge in [-0.25, -0.2) is 4.98 Å². The molecule has 0 fully saturated rings. The molecule has 1 aromatic carbocycles. The van der Waals surface area contributed by atoms with E-state index in [0.717, 1.165) is 24.9 Å². The van der Waals surface area contributed by atoms with E-state index in [1.807, 2.05) is 36.6 Å². The molecule has 0 aliphatic carbocycles. The minimum atomic E-state index is 0.101. The number of hydrogen-bond donors (Lipinski definition) is 2. The Morgan fingerprint density at radius 1 is 1.30 bits per heavy atom. The van der Waals surface area contributed by atoms with Crippen LogP contribution in [0.3, 0.4) is 0 Å². The number of aromatic nitrogens is 1. The van der Waals surface area contributed by atoms with Crippen LogP contribution in [0.15, 0.2) is 61.0 Å². The molecule has 4 nitrogen and oxygen atoms in total. The summed E-state index contributed by atoms with van der Waals surface area (Å²) in [5.74, 6) is 0.101. The summed E-state index contributed by atoms with van der Waals surface area (Å²) in [6.45, 7) is 0. The van der Waals surface area contributed by atoms with Crippen molar-refractivity contribution in [1.29, 1.82) is 0 Å². The summed E-state index contributed by atoms with van der Waals surface area (Å²) in [6, 6.07) is 9.60. The van der Waals surface area contributed by atoms with Gasteiger partial charge in [0, 0.05) is 21.6 Å². The van der Waals surface area contributed by atoms with Crippen molar-refractivity contribution in [2.24, 2.45) is 10.9 Å². The lowest BCUT2D eigenvalue weighted by Gasteiger charge is -2.12. The molecule has 3 N–H and O–H groups in total. The summed E-state index contributed by atoms with van der Waals surface area (Å²) in [6.07, 6.45) is 3.68. The maximum atomic E-state index is 8.97. The lowest BCUT2D eigenvalue weighted by molar-refractivity contribution is 0.318. The fourth-order valence-electron chi connectivity index (χ4n) is 1.62. The zero-order valence-electron chi connectivity index (χ0n) is 10.6. The van der Waals surface area contributed by atoms with Gasteiger partial charge < -0.3 is 10.9 Å². The summed E-state index contributed by atoms with van der Waals surface area (Å²) in [5, 5.41) is 12.9. The number of nitrogens with two attached hydrogens (primary N) is 1. The Balaban J connectivity index is 2.49. The molecule has 0 unspecified atom stereocenters. The van der Waals surface area contributed by atoms with E-state index in [2.05, 4.69) is 26.1 Å². The van der Waals surface area contributed by atoms with E-state index in [1.165, 1.54) is 11.8 Å². The largest absolute Gasteiger partial charge is 0.409 e. The van der Waals surface area contributed by atoms with Crippen molar-refractivity contribution in [1.82, 2.24) is 4.98 Å². The van der Waals surface area contributed by atoms with Crippen molar-refractivity contribution in [3.05, 3.63) is 46.6 Å². The predicted octanol–water partition coefficient (Wildman–Crippen LogP) is 3.81. The van der Waals surface area contributed by atoms with Crippen molar-refractivity contribution in [2.45, 2.75) is 14.8 Å². The van der Waals surface area contributed by atoms with E-state index >= 15 is 0 Å². The standard InChI is InChI=1S/C13H12BrN3OS2/c1-19-9-5-2-6-10(11(9)12(15)17-18)20-13-8(14)4-3-7-16-13/h2-7,18H,1H3,(H2,15,17). The molecule has 1 heterocycles. The van der Waals surface area contributed by atoms with Crippen LogP contribution in [0.4, 0.5) is 0 Å². The van der Waals surface area contributed by atoms with E-state index in [1.54, 1.807) is 18.0 Å². The van der Waals surface area contributed by atoms with Gasteiger partial charge in [0.05, 0.1) is 4.47 Å². The van der Waals surface area contributed by atoms with E-state index in [-0.39, 0.29) is 5.84 Å². The number of amidine groups is 1. The Bertz CT molecular complexity index is 649. The summed E-state index contributed by atoms with van der Waals surface area (Å²) >= 11 is 6.49. The molecule has 0 saturated heterocycles. The SMILES string of the molecule is CSc1cccc(Sc2ncccc2Br)c1/C(N)=N/O. The monoisotopic (exact) mass is 369 g/mol. The fraction of sp³-hybridized carbons (Fsp3) is 0.0769. The van der Waals surface area contributed by atoms with Crippen molar-refractivity contribution in [3.63, 3.8) is 0 Å². The summed E-state index contributed by atoms with van der Waals surface area (Å²) in [5.41, 5.74) is 6.53. The molecule has 0 spiro atoms. The molecule has 0 aliphatic heterocycles. The molecule has 104 valence electrons. The number of rotatable bonds is 4. The molecule has 0 bridgehead atoms. The molecular weight excluding hydrogens is 358 g/mol. The highest BCUT2D eigenvalue weighted by atomic mass is 79.9. The molecule has 0 amide bonds. The van der Waals surface area contributed by atoms with Gasteiger partial charge in [-0.1, -0.05) is 23.0 Å². The van der Waals surface area contributed by atoms with Gasteiger partial charge in [0.25, 0.3) is 0 Å². The third-order valence-corrected chi connectivity index (χ3v) is 5.26. The van der Waals surface area contributed by atoms with E-state index in [4.69, 9.17) is 10.9 Å². The molecule has 0 aliphatic rings. The van der Waals surface area contributed by atoms with Crippen LogP contribution in [0.1, 0.15) is 5.56 Å². The first-order valence-electron chi connectivity index (χ1n) is 5.60. The molecule has 0 radical (unpaired) electrons. The molecule has 7 heteroatoms. The summed E-state index contributed by atoms with van der Waals surface area (Å²) in [7, 11) is 0. The first-order chi connectivity index (χ1) is 9.67. The van der Waals surface area contributed by atoms with Crippen LogP contribution in [0.25, 0.3) is 0 Å². The van der Waals surface area contributed by atoms with E-state index < -0.39 is 0 Å². The lowest BCUT2D eigenvalue weighted by atomic mass is 10.2. The molecule has 2 rings (SSSR count). The number of halogens is 1. The van der Waals surface area contributed by atoms with Crippen LogP contribution in [0, 0.1) is 0 Å². The highest BCUT2D eigenvalue weighted by Gasteiger charge is 2.15. The van der Waals surface area contributed by atoms with E-state index in [9.17, 15) is 0 Å². The maximum Gasteiger partial charge on any atom is 0.172 e. The van der Waals surface area contributed by atoms with E-state index in [0.29, 0.717) is 0 Å². The van der Waals surface area contributed by atoms with Gasteiger partial charge in [-0.3, -0.25) is 0 Å². The smallest absolute Gasteiger partial charge is 0.172 e. The van der Waals surface area contributed by atoms with Crippen LogP contribution in [-0.4, -0.2) is 22.3 Å². The molecule has 20 heavy (non-hydrogen) atoms. The summed E-state index contributed by atoms with van der Waals surface area (Å²) < 4.78 is 0.907. The van der Waals surface area contributed by atoms with Crippen LogP contribution < -0.4 is 5.73 Å². The van der Waals surface area contributed by atoms with Gasteiger partial charge >= 0.3 is 0 Å². The van der Waals surface area contributed by atoms with Crippen LogP contribution in [0.2, 0.25) is 0 Å². The second kappa shape index (κ2) is 7.01. The Labute approximate surface area is 134 Å². The average molecular weight is 370 g/mol. The van der Waals surface area contributed by atoms with Gasteiger partial charge in [0.1, 0.15) is 5.03 Å². The topological polar surface area (TPSA) is 71.5 Å². The Morgan fingerprint density at radius 2 is 2.05 bits per heavy atom. The van der Waals surface area contributed by atoms with Crippen LogP contribution in [-0.2, 0) is 0 Å². The van der Waals surface area contributed by atoms with Crippen molar-refractivity contribution in [3.8, 4) is 0 Å². The third kappa shape index (κ3) is 3.28. The molecule has 0 atom stereocenters. The third-order valence-electron chi connectivity index (χ3n) is 2.50. The Hall–Kier alpha value is -1.18. The fourth-order valence-corrected chi connectivity index (χ4v) is 3.77. The number of benzene rings is 1. The average Bonchev–Trinajstić information content (AvgIpc) is 2.48. The Morgan fingerprint density at radius 3 is 2.70 bits per heavy atom. The first-order valence-corrected chi connectivity index (χ1v) is 8.44.